The first-order valence-corrected chi connectivity index (χ1v) is 10.1. The molecule has 1 amide bonds. The monoisotopic (exact) mass is 422 g/mol. The second-order valence-electron chi connectivity index (χ2n) is 6.53. The summed E-state index contributed by atoms with van der Waals surface area (Å²) in [6.45, 7) is 3.10. The Morgan fingerprint density at radius 2 is 1.80 bits per heavy atom. The van der Waals surface area contributed by atoms with Gasteiger partial charge in [0.15, 0.2) is 0 Å². The van der Waals surface area contributed by atoms with Crippen molar-refractivity contribution in [2.75, 3.05) is 6.61 Å². The van der Waals surface area contributed by atoms with Crippen molar-refractivity contribution in [3.8, 4) is 11.5 Å². The number of amides is 1. The maximum absolute atomic E-state index is 12.3. The van der Waals surface area contributed by atoms with E-state index in [2.05, 4.69) is 10.5 Å². The van der Waals surface area contributed by atoms with Gasteiger partial charge in [-0.15, -0.1) is 0 Å². The second kappa shape index (κ2) is 11.0. The average Bonchev–Trinajstić information content (AvgIpc) is 2.78. The molecule has 0 saturated carbocycles. The molecule has 0 unspecified atom stereocenters. The summed E-state index contributed by atoms with van der Waals surface area (Å²) in [4.78, 5) is 12.3. The van der Waals surface area contributed by atoms with E-state index in [1.807, 2.05) is 37.3 Å². The molecule has 0 aliphatic carbocycles. The van der Waals surface area contributed by atoms with Crippen molar-refractivity contribution < 1.29 is 14.3 Å². The molecule has 0 fully saturated rings. The number of hydrazone groups is 1. The number of rotatable bonds is 9. The highest BCUT2D eigenvalue weighted by Gasteiger charge is 2.06. The molecule has 5 nitrogen and oxygen atoms in total. The van der Waals surface area contributed by atoms with E-state index in [0.717, 1.165) is 17.7 Å². The first-order chi connectivity index (χ1) is 14.7. The van der Waals surface area contributed by atoms with Crippen LogP contribution in [0.3, 0.4) is 0 Å². The maximum atomic E-state index is 12.3. The molecular weight excluding hydrogens is 400 g/mol. The van der Waals surface area contributed by atoms with Crippen LogP contribution in [-0.2, 0) is 6.61 Å². The maximum Gasteiger partial charge on any atom is 0.271 e. The van der Waals surface area contributed by atoms with Crippen LogP contribution in [0.1, 0.15) is 34.8 Å². The molecule has 154 valence electrons. The third-order valence-electron chi connectivity index (χ3n) is 4.17. The van der Waals surface area contributed by atoms with E-state index in [9.17, 15) is 4.79 Å². The van der Waals surface area contributed by atoms with E-state index in [1.54, 1.807) is 42.5 Å². The molecule has 0 radical (unpaired) electrons. The molecule has 3 aromatic rings. The molecule has 0 aromatic heterocycles. The van der Waals surface area contributed by atoms with E-state index in [0.29, 0.717) is 35.1 Å². The third kappa shape index (κ3) is 6.36. The fourth-order valence-electron chi connectivity index (χ4n) is 2.63. The van der Waals surface area contributed by atoms with Gasteiger partial charge in [-0.1, -0.05) is 48.9 Å². The van der Waals surface area contributed by atoms with Crippen LogP contribution in [0.25, 0.3) is 0 Å². The number of hydrogen-bond donors (Lipinski definition) is 1. The molecule has 0 atom stereocenters. The Morgan fingerprint density at radius 1 is 1.03 bits per heavy atom. The first-order valence-electron chi connectivity index (χ1n) is 9.68. The minimum atomic E-state index is -0.318. The Bertz CT molecular complexity index is 989. The zero-order chi connectivity index (χ0) is 21.2. The van der Waals surface area contributed by atoms with E-state index in [-0.39, 0.29) is 5.91 Å². The fourth-order valence-corrected chi connectivity index (χ4v) is 2.81. The molecule has 30 heavy (non-hydrogen) atoms. The normalized spacial score (nSPS) is 10.7. The van der Waals surface area contributed by atoms with Gasteiger partial charge >= 0.3 is 0 Å². The Labute approximate surface area is 181 Å². The summed E-state index contributed by atoms with van der Waals surface area (Å²) in [6.07, 6.45) is 2.44. The van der Waals surface area contributed by atoms with E-state index in [1.165, 1.54) is 6.21 Å². The van der Waals surface area contributed by atoms with Gasteiger partial charge in [-0.25, -0.2) is 5.43 Å². The molecular formula is C24H23ClN2O3. The highest BCUT2D eigenvalue weighted by molar-refractivity contribution is 6.30. The van der Waals surface area contributed by atoms with Crippen LogP contribution in [-0.4, -0.2) is 18.7 Å². The predicted octanol–water partition coefficient (Wildman–Crippen LogP) is 5.47. The predicted molar refractivity (Wildman–Crippen MR) is 120 cm³/mol. The number of ether oxygens (including phenoxy) is 2. The molecule has 1 N–H and O–H groups in total. The summed E-state index contributed by atoms with van der Waals surface area (Å²) in [6, 6.07) is 22.0. The minimum absolute atomic E-state index is 0.318. The van der Waals surface area contributed by atoms with Crippen LogP contribution < -0.4 is 14.9 Å². The van der Waals surface area contributed by atoms with Gasteiger partial charge in [-0.05, 0) is 54.4 Å². The molecule has 6 heteroatoms. The second-order valence-corrected chi connectivity index (χ2v) is 6.96. The lowest BCUT2D eigenvalue weighted by Gasteiger charge is -2.09. The number of benzene rings is 3. The lowest BCUT2D eigenvalue weighted by Crippen LogP contribution is -2.17. The molecule has 0 saturated heterocycles. The van der Waals surface area contributed by atoms with Gasteiger partial charge in [0.25, 0.3) is 5.91 Å². The summed E-state index contributed by atoms with van der Waals surface area (Å²) < 4.78 is 11.4. The summed E-state index contributed by atoms with van der Waals surface area (Å²) >= 11 is 6.11. The van der Waals surface area contributed by atoms with E-state index in [4.69, 9.17) is 21.1 Å². The fraction of sp³-hybridized carbons (Fsp3) is 0.167. The Morgan fingerprint density at radius 3 is 2.53 bits per heavy atom. The number of nitrogens with one attached hydrogen (secondary N) is 1. The van der Waals surface area contributed by atoms with Crippen molar-refractivity contribution in [2.45, 2.75) is 20.0 Å². The Kier molecular flexibility index (Phi) is 7.86. The highest BCUT2D eigenvalue weighted by atomic mass is 35.5. The molecule has 0 spiro atoms. The van der Waals surface area contributed by atoms with Gasteiger partial charge in [0, 0.05) is 16.1 Å². The van der Waals surface area contributed by atoms with Gasteiger partial charge in [-0.3, -0.25) is 4.79 Å². The number of halogens is 1. The van der Waals surface area contributed by atoms with Crippen molar-refractivity contribution in [1.29, 1.82) is 0 Å². The van der Waals surface area contributed by atoms with Crippen molar-refractivity contribution in [1.82, 2.24) is 5.43 Å². The lowest BCUT2D eigenvalue weighted by molar-refractivity contribution is 0.0955. The zero-order valence-corrected chi connectivity index (χ0v) is 17.4. The van der Waals surface area contributed by atoms with Crippen LogP contribution in [0.5, 0.6) is 11.5 Å². The molecule has 3 aromatic carbocycles. The topological polar surface area (TPSA) is 59.9 Å². The lowest BCUT2D eigenvalue weighted by atomic mass is 10.2. The summed E-state index contributed by atoms with van der Waals surface area (Å²) in [5, 5.41) is 4.61. The zero-order valence-electron chi connectivity index (χ0n) is 16.7. The Balaban J connectivity index is 1.62. The average molecular weight is 423 g/mol. The van der Waals surface area contributed by atoms with Crippen molar-refractivity contribution in [3.63, 3.8) is 0 Å². The summed E-state index contributed by atoms with van der Waals surface area (Å²) in [5.41, 5.74) is 4.73. The molecule has 3 rings (SSSR count). The van der Waals surface area contributed by atoms with Crippen molar-refractivity contribution in [2.24, 2.45) is 5.10 Å². The van der Waals surface area contributed by atoms with Gasteiger partial charge < -0.3 is 9.47 Å². The number of hydrogen-bond acceptors (Lipinski definition) is 4. The SMILES string of the molecule is CCCOc1ccc(C(=O)N/N=C\c2cc(Cl)ccc2OCc2ccccc2)cc1. The molecule has 0 aliphatic rings. The summed E-state index contributed by atoms with van der Waals surface area (Å²) in [5.74, 6) is 1.04. The summed E-state index contributed by atoms with van der Waals surface area (Å²) in [7, 11) is 0. The number of carbonyl (C=O) groups is 1. The Hall–Kier alpha value is -3.31. The van der Waals surface area contributed by atoms with Gasteiger partial charge in [0.1, 0.15) is 18.1 Å². The standard InChI is InChI=1S/C24H23ClN2O3/c1-2-14-29-22-11-8-19(9-12-22)24(28)27-26-16-20-15-21(25)10-13-23(20)30-17-18-6-4-3-5-7-18/h3-13,15-16H,2,14,17H2,1H3,(H,27,28)/b26-16-. The minimum Gasteiger partial charge on any atom is -0.494 e. The van der Waals surface area contributed by atoms with Crippen LogP contribution in [0.15, 0.2) is 77.9 Å². The number of nitrogens with zero attached hydrogens (tertiary/aromatic N) is 1. The van der Waals surface area contributed by atoms with E-state index >= 15 is 0 Å². The van der Waals surface area contributed by atoms with Gasteiger partial charge in [0.2, 0.25) is 0 Å². The van der Waals surface area contributed by atoms with Gasteiger partial charge in [-0.2, -0.15) is 5.10 Å². The quantitative estimate of drug-likeness (QED) is 0.367. The third-order valence-corrected chi connectivity index (χ3v) is 4.40. The largest absolute Gasteiger partial charge is 0.494 e. The molecule has 0 heterocycles. The number of carbonyl (C=O) groups excluding carboxylic acids is 1. The van der Waals surface area contributed by atoms with Crippen molar-refractivity contribution >= 4 is 23.7 Å². The first kappa shape index (κ1) is 21.4. The van der Waals surface area contributed by atoms with Crippen molar-refractivity contribution in [3.05, 3.63) is 94.5 Å². The van der Waals surface area contributed by atoms with Crippen LogP contribution >= 0.6 is 11.6 Å². The van der Waals surface area contributed by atoms with E-state index < -0.39 is 0 Å². The van der Waals surface area contributed by atoms with Gasteiger partial charge in [0.05, 0.1) is 12.8 Å². The highest BCUT2D eigenvalue weighted by Crippen LogP contribution is 2.22. The molecule has 0 bridgehead atoms. The van der Waals surface area contributed by atoms with Crippen LogP contribution in [0.2, 0.25) is 5.02 Å². The smallest absolute Gasteiger partial charge is 0.271 e. The van der Waals surface area contributed by atoms with Crippen LogP contribution in [0, 0.1) is 0 Å². The van der Waals surface area contributed by atoms with Crippen LogP contribution in [0.4, 0.5) is 0 Å². The molecule has 0 aliphatic heterocycles.